The molecule has 12 heavy (non-hydrogen) atoms. The summed E-state index contributed by atoms with van der Waals surface area (Å²) in [5, 5.41) is 3.45. The van der Waals surface area contributed by atoms with E-state index in [0.717, 1.165) is 12.5 Å². The molecule has 0 aromatic rings. The average molecular weight is 171 g/mol. The van der Waals surface area contributed by atoms with Crippen molar-refractivity contribution in [1.82, 2.24) is 16.2 Å². The summed E-state index contributed by atoms with van der Waals surface area (Å²) in [7, 11) is 0. The largest absolute Gasteiger partial charge is 0.299 e. The van der Waals surface area contributed by atoms with Gasteiger partial charge >= 0.3 is 0 Å². The molecule has 3 nitrogen and oxygen atoms in total. The van der Waals surface area contributed by atoms with Gasteiger partial charge in [0.05, 0.1) is 6.17 Å². The summed E-state index contributed by atoms with van der Waals surface area (Å²) in [6, 6.07) is 0.542. The van der Waals surface area contributed by atoms with Crippen LogP contribution in [0.5, 0.6) is 0 Å². The molecule has 1 heterocycles. The van der Waals surface area contributed by atoms with Crippen LogP contribution in [-0.2, 0) is 0 Å². The number of hydrogen-bond donors (Lipinski definition) is 3. The van der Waals surface area contributed by atoms with E-state index in [2.05, 4.69) is 36.9 Å². The van der Waals surface area contributed by atoms with Gasteiger partial charge in [0, 0.05) is 12.6 Å². The zero-order valence-electron chi connectivity index (χ0n) is 8.35. The van der Waals surface area contributed by atoms with Crippen molar-refractivity contribution in [2.24, 2.45) is 5.92 Å². The molecule has 72 valence electrons. The van der Waals surface area contributed by atoms with E-state index in [1.165, 1.54) is 12.8 Å². The molecule has 0 amide bonds. The molecule has 2 atom stereocenters. The molecule has 0 spiro atoms. The lowest BCUT2D eigenvalue weighted by molar-refractivity contribution is 0.249. The van der Waals surface area contributed by atoms with E-state index in [1.54, 1.807) is 0 Å². The summed E-state index contributed by atoms with van der Waals surface area (Å²) >= 11 is 0. The molecule has 1 aliphatic heterocycles. The van der Waals surface area contributed by atoms with Crippen LogP contribution in [0.4, 0.5) is 0 Å². The van der Waals surface area contributed by atoms with Crippen molar-refractivity contribution in [1.29, 1.82) is 0 Å². The second kappa shape index (κ2) is 4.80. The molecule has 1 saturated heterocycles. The molecule has 1 aliphatic rings. The first-order valence-corrected chi connectivity index (χ1v) is 4.93. The van der Waals surface area contributed by atoms with Gasteiger partial charge in [0.15, 0.2) is 0 Å². The minimum atomic E-state index is 0.462. The number of nitrogens with one attached hydrogen (secondary N) is 3. The summed E-state index contributed by atoms with van der Waals surface area (Å²) in [6.45, 7) is 7.76. The highest BCUT2D eigenvalue weighted by Crippen LogP contribution is 2.06. The maximum atomic E-state index is 3.45. The molecule has 1 rings (SSSR count). The predicted octanol–water partition coefficient (Wildman–Crippen LogP) is 0.835. The Labute approximate surface area is 75.3 Å². The highest BCUT2D eigenvalue weighted by atomic mass is 15.5. The third kappa shape index (κ3) is 3.52. The Morgan fingerprint density at radius 2 is 2.08 bits per heavy atom. The Morgan fingerprint density at radius 1 is 1.33 bits per heavy atom. The SMILES string of the molecule is CC(C)CCC1NCC(C)NN1. The van der Waals surface area contributed by atoms with Crippen LogP contribution in [0.15, 0.2) is 0 Å². The maximum absolute atomic E-state index is 3.45. The van der Waals surface area contributed by atoms with Crippen LogP contribution in [0, 0.1) is 5.92 Å². The average Bonchev–Trinajstić information content (AvgIpc) is 2.03. The molecule has 3 heteroatoms. The lowest BCUT2D eigenvalue weighted by Gasteiger charge is -2.30. The number of hydrogen-bond acceptors (Lipinski definition) is 3. The summed E-state index contributed by atoms with van der Waals surface area (Å²) in [5.41, 5.74) is 6.51. The summed E-state index contributed by atoms with van der Waals surface area (Å²) < 4.78 is 0. The van der Waals surface area contributed by atoms with Gasteiger partial charge in [-0.1, -0.05) is 13.8 Å². The van der Waals surface area contributed by atoms with Gasteiger partial charge in [-0.05, 0) is 25.7 Å². The van der Waals surface area contributed by atoms with E-state index in [9.17, 15) is 0 Å². The fourth-order valence-corrected chi connectivity index (χ4v) is 1.34. The normalized spacial score (nSPS) is 31.0. The van der Waals surface area contributed by atoms with Crippen LogP contribution >= 0.6 is 0 Å². The van der Waals surface area contributed by atoms with Gasteiger partial charge < -0.3 is 0 Å². The molecule has 0 saturated carbocycles. The molecule has 2 unspecified atom stereocenters. The zero-order valence-corrected chi connectivity index (χ0v) is 8.35. The van der Waals surface area contributed by atoms with Gasteiger partial charge in [-0.25, -0.2) is 5.43 Å². The molecular weight excluding hydrogens is 150 g/mol. The molecule has 1 fully saturated rings. The Bertz CT molecular complexity index is 117. The quantitative estimate of drug-likeness (QED) is 0.589. The molecule has 0 aromatic carbocycles. The fraction of sp³-hybridized carbons (Fsp3) is 1.00. The highest BCUT2D eigenvalue weighted by molar-refractivity contribution is 4.73. The third-order valence-corrected chi connectivity index (χ3v) is 2.21. The second-order valence-electron chi connectivity index (χ2n) is 4.12. The van der Waals surface area contributed by atoms with Crippen molar-refractivity contribution in [3.8, 4) is 0 Å². The standard InChI is InChI=1S/C9H21N3/c1-7(2)4-5-9-10-6-8(3)11-12-9/h7-12H,4-6H2,1-3H3. The lowest BCUT2D eigenvalue weighted by Crippen LogP contribution is -2.61. The fourth-order valence-electron chi connectivity index (χ4n) is 1.34. The van der Waals surface area contributed by atoms with E-state index in [-0.39, 0.29) is 0 Å². The monoisotopic (exact) mass is 171 g/mol. The van der Waals surface area contributed by atoms with E-state index in [0.29, 0.717) is 12.2 Å². The van der Waals surface area contributed by atoms with Crippen molar-refractivity contribution in [2.75, 3.05) is 6.54 Å². The maximum Gasteiger partial charge on any atom is 0.0704 e. The number of hydrazine groups is 1. The summed E-state index contributed by atoms with van der Waals surface area (Å²) in [6.07, 6.45) is 2.95. The second-order valence-corrected chi connectivity index (χ2v) is 4.12. The van der Waals surface area contributed by atoms with Crippen LogP contribution in [0.3, 0.4) is 0 Å². The topological polar surface area (TPSA) is 36.1 Å². The molecule has 0 aromatic heterocycles. The molecule has 0 aliphatic carbocycles. The predicted molar refractivity (Wildman–Crippen MR) is 51.6 cm³/mol. The minimum Gasteiger partial charge on any atom is -0.299 e. The summed E-state index contributed by atoms with van der Waals surface area (Å²) in [5.74, 6) is 0.799. The third-order valence-electron chi connectivity index (χ3n) is 2.21. The highest BCUT2D eigenvalue weighted by Gasteiger charge is 2.15. The van der Waals surface area contributed by atoms with Crippen LogP contribution in [0.1, 0.15) is 33.6 Å². The Balaban J connectivity index is 2.09. The van der Waals surface area contributed by atoms with Crippen molar-refractivity contribution >= 4 is 0 Å². The Morgan fingerprint density at radius 3 is 2.58 bits per heavy atom. The lowest BCUT2D eigenvalue weighted by atomic mass is 10.1. The number of rotatable bonds is 3. The molecular formula is C9H21N3. The first kappa shape index (κ1) is 9.96. The molecule has 0 bridgehead atoms. The minimum absolute atomic E-state index is 0.462. The van der Waals surface area contributed by atoms with Crippen LogP contribution in [0.25, 0.3) is 0 Å². The first-order valence-electron chi connectivity index (χ1n) is 4.93. The van der Waals surface area contributed by atoms with Gasteiger partial charge in [0.2, 0.25) is 0 Å². The van der Waals surface area contributed by atoms with Gasteiger partial charge in [0.25, 0.3) is 0 Å². The van der Waals surface area contributed by atoms with Crippen LogP contribution < -0.4 is 16.2 Å². The van der Waals surface area contributed by atoms with Gasteiger partial charge in [-0.15, -0.1) is 0 Å². The van der Waals surface area contributed by atoms with Gasteiger partial charge in [0.1, 0.15) is 0 Å². The van der Waals surface area contributed by atoms with E-state index < -0.39 is 0 Å². The Hall–Kier alpha value is -0.120. The van der Waals surface area contributed by atoms with Crippen molar-refractivity contribution in [2.45, 2.75) is 45.8 Å². The van der Waals surface area contributed by atoms with E-state index in [1.807, 2.05) is 0 Å². The van der Waals surface area contributed by atoms with E-state index in [4.69, 9.17) is 0 Å². The van der Waals surface area contributed by atoms with Crippen LogP contribution in [-0.4, -0.2) is 18.8 Å². The summed E-state index contributed by atoms with van der Waals surface area (Å²) in [4.78, 5) is 0. The molecule has 3 N–H and O–H groups in total. The smallest absolute Gasteiger partial charge is 0.0704 e. The first-order chi connectivity index (χ1) is 5.68. The van der Waals surface area contributed by atoms with Crippen LogP contribution in [0.2, 0.25) is 0 Å². The van der Waals surface area contributed by atoms with Gasteiger partial charge in [-0.3, -0.25) is 10.7 Å². The van der Waals surface area contributed by atoms with Crippen molar-refractivity contribution in [3.63, 3.8) is 0 Å². The molecule has 0 radical (unpaired) electrons. The van der Waals surface area contributed by atoms with E-state index >= 15 is 0 Å². The van der Waals surface area contributed by atoms with Crippen molar-refractivity contribution in [3.05, 3.63) is 0 Å². The van der Waals surface area contributed by atoms with Gasteiger partial charge in [-0.2, -0.15) is 0 Å². The Kier molecular flexibility index (Phi) is 3.98. The van der Waals surface area contributed by atoms with Crippen molar-refractivity contribution < 1.29 is 0 Å². The zero-order chi connectivity index (χ0) is 8.97.